The van der Waals surface area contributed by atoms with E-state index in [-0.39, 0.29) is 18.6 Å². The van der Waals surface area contributed by atoms with E-state index in [1.807, 2.05) is 11.4 Å². The number of thiophene rings is 1. The number of amides is 1. The molecule has 1 aliphatic rings. The predicted molar refractivity (Wildman–Crippen MR) is 77.4 cm³/mol. The lowest BCUT2D eigenvalue weighted by Gasteiger charge is -2.33. The fraction of sp³-hybridized carbons (Fsp3) is 0.500. The van der Waals surface area contributed by atoms with E-state index in [0.717, 1.165) is 17.0 Å². The van der Waals surface area contributed by atoms with Crippen LogP contribution in [0.3, 0.4) is 0 Å². The van der Waals surface area contributed by atoms with Gasteiger partial charge in [-0.05, 0) is 11.4 Å². The number of rotatable bonds is 3. The highest BCUT2D eigenvalue weighted by atomic mass is 32.1. The van der Waals surface area contributed by atoms with Crippen LogP contribution in [0.5, 0.6) is 0 Å². The Morgan fingerprint density at radius 3 is 3.30 bits per heavy atom. The molecule has 1 aromatic rings. The van der Waals surface area contributed by atoms with Gasteiger partial charge in [0.25, 0.3) is 0 Å². The number of likely N-dealkylation sites (N-methyl/N-ethyl adjacent to an activating group) is 1. The van der Waals surface area contributed by atoms with Crippen LogP contribution in [0.2, 0.25) is 0 Å². The van der Waals surface area contributed by atoms with Gasteiger partial charge in [-0.3, -0.25) is 9.69 Å². The molecule has 1 fully saturated rings. The van der Waals surface area contributed by atoms with Gasteiger partial charge in [-0.25, -0.2) is 0 Å². The van der Waals surface area contributed by atoms with Crippen molar-refractivity contribution in [1.29, 1.82) is 0 Å². The molecule has 6 heteroatoms. The van der Waals surface area contributed by atoms with Crippen LogP contribution in [0.1, 0.15) is 10.4 Å². The highest BCUT2D eigenvalue weighted by Gasteiger charge is 2.29. The third-order valence-electron chi connectivity index (χ3n) is 3.18. The van der Waals surface area contributed by atoms with Gasteiger partial charge in [0.15, 0.2) is 0 Å². The van der Waals surface area contributed by atoms with Gasteiger partial charge < -0.3 is 15.2 Å². The minimum absolute atomic E-state index is 0.0238. The van der Waals surface area contributed by atoms with Crippen LogP contribution in [-0.4, -0.2) is 55.4 Å². The number of nitrogens with one attached hydrogen (secondary N) is 1. The SMILES string of the molecule is CNC(=O)C1COCCN1Cc1sccc1C#CCO. The van der Waals surface area contributed by atoms with Crippen molar-refractivity contribution < 1.29 is 14.6 Å². The number of aliphatic hydroxyl groups excluding tert-OH is 1. The second kappa shape index (κ2) is 7.41. The van der Waals surface area contributed by atoms with Crippen molar-refractivity contribution in [2.24, 2.45) is 0 Å². The highest BCUT2D eigenvalue weighted by molar-refractivity contribution is 7.10. The first-order chi connectivity index (χ1) is 9.76. The van der Waals surface area contributed by atoms with Gasteiger partial charge in [-0.2, -0.15) is 0 Å². The minimum Gasteiger partial charge on any atom is -0.384 e. The molecule has 0 radical (unpaired) electrons. The third kappa shape index (κ3) is 3.58. The van der Waals surface area contributed by atoms with Crippen LogP contribution in [0, 0.1) is 11.8 Å². The van der Waals surface area contributed by atoms with Gasteiger partial charge in [0.05, 0.1) is 13.2 Å². The van der Waals surface area contributed by atoms with Crippen LogP contribution in [-0.2, 0) is 16.1 Å². The topological polar surface area (TPSA) is 61.8 Å². The quantitative estimate of drug-likeness (QED) is 0.773. The van der Waals surface area contributed by atoms with Gasteiger partial charge in [-0.1, -0.05) is 11.8 Å². The van der Waals surface area contributed by atoms with Crippen molar-refractivity contribution in [1.82, 2.24) is 10.2 Å². The number of carbonyl (C=O) groups excluding carboxylic acids is 1. The number of hydrogen-bond donors (Lipinski definition) is 2. The van der Waals surface area contributed by atoms with Crippen molar-refractivity contribution in [3.8, 4) is 11.8 Å². The van der Waals surface area contributed by atoms with Crippen LogP contribution in [0.4, 0.5) is 0 Å². The van der Waals surface area contributed by atoms with E-state index in [4.69, 9.17) is 9.84 Å². The molecule has 0 aliphatic carbocycles. The van der Waals surface area contributed by atoms with Crippen molar-refractivity contribution in [3.63, 3.8) is 0 Å². The zero-order chi connectivity index (χ0) is 14.4. The average molecular weight is 294 g/mol. The van der Waals surface area contributed by atoms with Crippen molar-refractivity contribution in [2.75, 3.05) is 33.4 Å². The Morgan fingerprint density at radius 1 is 1.70 bits per heavy atom. The number of nitrogens with zero attached hydrogens (tertiary/aromatic N) is 1. The number of carbonyl (C=O) groups is 1. The first kappa shape index (κ1) is 15.0. The summed E-state index contributed by atoms with van der Waals surface area (Å²) < 4.78 is 5.39. The van der Waals surface area contributed by atoms with Gasteiger partial charge in [0.2, 0.25) is 5.91 Å². The molecule has 1 aromatic heterocycles. The summed E-state index contributed by atoms with van der Waals surface area (Å²) in [6.45, 7) is 2.31. The molecule has 1 unspecified atom stereocenters. The van der Waals surface area contributed by atoms with Crippen LogP contribution in [0.15, 0.2) is 11.4 Å². The van der Waals surface area contributed by atoms with E-state index in [2.05, 4.69) is 22.1 Å². The van der Waals surface area contributed by atoms with Crippen LogP contribution in [0.25, 0.3) is 0 Å². The largest absolute Gasteiger partial charge is 0.384 e. The summed E-state index contributed by atoms with van der Waals surface area (Å²) in [7, 11) is 1.64. The molecular weight excluding hydrogens is 276 g/mol. The molecule has 1 amide bonds. The fourth-order valence-electron chi connectivity index (χ4n) is 2.13. The molecule has 2 rings (SSSR count). The van der Waals surface area contributed by atoms with E-state index in [1.54, 1.807) is 18.4 Å². The van der Waals surface area contributed by atoms with Crippen LogP contribution < -0.4 is 5.32 Å². The molecule has 20 heavy (non-hydrogen) atoms. The zero-order valence-corrected chi connectivity index (χ0v) is 12.2. The Morgan fingerprint density at radius 2 is 2.55 bits per heavy atom. The second-order valence-electron chi connectivity index (χ2n) is 4.39. The van der Waals surface area contributed by atoms with Gasteiger partial charge in [0, 0.05) is 30.6 Å². The molecule has 2 heterocycles. The predicted octanol–water partition coefficient (Wildman–Crippen LogP) is 0.0387. The van der Waals surface area contributed by atoms with Crippen molar-refractivity contribution >= 4 is 17.2 Å². The van der Waals surface area contributed by atoms with E-state index < -0.39 is 0 Å². The summed E-state index contributed by atoms with van der Waals surface area (Å²) in [6, 6.07) is 1.69. The molecule has 2 N–H and O–H groups in total. The monoisotopic (exact) mass is 294 g/mol. The lowest BCUT2D eigenvalue weighted by atomic mass is 10.2. The minimum atomic E-state index is -0.255. The normalized spacial score (nSPS) is 19.2. The zero-order valence-electron chi connectivity index (χ0n) is 11.4. The molecule has 0 aromatic carbocycles. The van der Waals surface area contributed by atoms with E-state index in [1.165, 1.54) is 0 Å². The molecule has 1 aliphatic heterocycles. The van der Waals surface area contributed by atoms with Crippen molar-refractivity contribution in [3.05, 3.63) is 21.9 Å². The molecule has 1 atom stereocenters. The fourth-order valence-corrected chi connectivity index (χ4v) is 2.98. The lowest BCUT2D eigenvalue weighted by molar-refractivity contribution is -0.132. The number of hydrogen-bond acceptors (Lipinski definition) is 5. The maximum atomic E-state index is 11.9. The molecule has 5 nitrogen and oxygen atoms in total. The standard InChI is InChI=1S/C14H18N2O3S/c1-15-14(18)12-10-19-7-5-16(12)9-13-11(3-2-6-17)4-8-20-13/h4,8,12,17H,5-7,9-10H2,1H3,(H,15,18). The Labute approximate surface area is 122 Å². The maximum Gasteiger partial charge on any atom is 0.239 e. The van der Waals surface area contributed by atoms with Gasteiger partial charge >= 0.3 is 0 Å². The third-order valence-corrected chi connectivity index (χ3v) is 4.09. The Hall–Kier alpha value is -1.39. The van der Waals surface area contributed by atoms with Crippen molar-refractivity contribution in [2.45, 2.75) is 12.6 Å². The Bertz CT molecular complexity index is 518. The number of aliphatic hydroxyl groups is 1. The lowest BCUT2D eigenvalue weighted by Crippen LogP contribution is -2.52. The summed E-state index contributed by atoms with van der Waals surface area (Å²) in [5, 5.41) is 13.4. The smallest absolute Gasteiger partial charge is 0.239 e. The number of morpholine rings is 1. The van der Waals surface area contributed by atoms with Gasteiger partial charge in [0.1, 0.15) is 12.6 Å². The van der Waals surface area contributed by atoms with E-state index >= 15 is 0 Å². The van der Waals surface area contributed by atoms with E-state index in [0.29, 0.717) is 19.8 Å². The summed E-state index contributed by atoms with van der Waals surface area (Å²) in [5.41, 5.74) is 0.922. The first-order valence-electron chi connectivity index (χ1n) is 6.45. The molecule has 1 saturated heterocycles. The van der Waals surface area contributed by atoms with E-state index in [9.17, 15) is 4.79 Å². The molecule has 0 bridgehead atoms. The molecule has 108 valence electrons. The summed E-state index contributed by atoms with van der Waals surface area (Å²) in [6.07, 6.45) is 0. The Balaban J connectivity index is 2.11. The highest BCUT2D eigenvalue weighted by Crippen LogP contribution is 2.20. The second-order valence-corrected chi connectivity index (χ2v) is 5.39. The maximum absolute atomic E-state index is 11.9. The molecule has 0 spiro atoms. The van der Waals surface area contributed by atoms with Gasteiger partial charge in [-0.15, -0.1) is 11.3 Å². The summed E-state index contributed by atoms with van der Waals surface area (Å²) in [5.74, 6) is 5.58. The first-order valence-corrected chi connectivity index (χ1v) is 7.33. The summed E-state index contributed by atoms with van der Waals surface area (Å²) >= 11 is 1.62. The van der Waals surface area contributed by atoms with Crippen LogP contribution >= 0.6 is 11.3 Å². The average Bonchev–Trinajstić information content (AvgIpc) is 2.92. The molecular formula is C14H18N2O3S. The summed E-state index contributed by atoms with van der Waals surface area (Å²) in [4.78, 5) is 15.1. The molecule has 0 saturated carbocycles. The Kier molecular flexibility index (Phi) is 5.56. The number of ether oxygens (including phenoxy) is 1.